The third-order valence-corrected chi connectivity index (χ3v) is 10.9. The molecule has 0 radical (unpaired) electrons. The molecule has 5 nitrogen and oxygen atoms in total. The smallest absolute Gasteiger partial charge is 0.182 e. The summed E-state index contributed by atoms with van der Waals surface area (Å²) in [6, 6.07) is 47.0. The number of pyridine rings is 1. The molecule has 0 amide bonds. The fourth-order valence-electron chi connectivity index (χ4n) is 7.56. The van der Waals surface area contributed by atoms with Crippen LogP contribution in [0.4, 0.5) is 0 Å². The molecule has 3 aromatic heterocycles. The summed E-state index contributed by atoms with van der Waals surface area (Å²) in [5, 5.41) is 2.50. The second-order valence-corrected chi connectivity index (χ2v) is 14.0. The van der Waals surface area contributed by atoms with Gasteiger partial charge in [0.25, 0.3) is 0 Å². The summed E-state index contributed by atoms with van der Waals surface area (Å²) in [4.78, 5) is 19.2. The Hall–Kier alpha value is -5.94. The van der Waals surface area contributed by atoms with Gasteiger partial charge in [-0.2, -0.15) is 0 Å². The molecule has 9 rings (SSSR count). The van der Waals surface area contributed by atoms with E-state index in [1.165, 1.54) is 44.1 Å². The third-order valence-electron chi connectivity index (χ3n) is 10.9. The Bertz CT molecular complexity index is 2470. The van der Waals surface area contributed by atoms with E-state index in [1.54, 1.807) is 6.20 Å². The number of rotatable bonds is 4. The van der Waals surface area contributed by atoms with Crippen molar-refractivity contribution < 1.29 is 0 Å². The van der Waals surface area contributed by atoms with Gasteiger partial charge in [-0.15, -0.1) is 0 Å². The molecule has 0 saturated heterocycles. The predicted octanol–water partition coefficient (Wildman–Crippen LogP) is 10.6. The maximum atomic E-state index is 4.93. The molecular weight excluding hydrogens is 599 g/mol. The monoisotopic (exact) mass is 633 g/mol. The lowest BCUT2D eigenvalue weighted by atomic mass is 9.55. The van der Waals surface area contributed by atoms with Crippen molar-refractivity contribution in [1.82, 2.24) is 24.5 Å². The topological polar surface area (TPSA) is 56.5 Å². The number of benzene rings is 5. The van der Waals surface area contributed by atoms with Crippen LogP contribution in [0.5, 0.6) is 0 Å². The number of hydrogen-bond acceptors (Lipinski definition) is 4. The molecule has 5 heteroatoms. The van der Waals surface area contributed by atoms with Gasteiger partial charge in [0.1, 0.15) is 5.69 Å². The molecule has 0 aliphatic heterocycles. The van der Waals surface area contributed by atoms with Gasteiger partial charge in [0.15, 0.2) is 17.5 Å². The molecule has 5 aromatic carbocycles. The molecule has 3 heterocycles. The zero-order valence-electron chi connectivity index (χ0n) is 28.0. The van der Waals surface area contributed by atoms with E-state index in [9.17, 15) is 0 Å². The first-order valence-electron chi connectivity index (χ1n) is 16.8. The fraction of sp³-hybridized carbons (Fsp3) is 0.136. The van der Waals surface area contributed by atoms with Gasteiger partial charge in [0.2, 0.25) is 0 Å². The largest absolute Gasteiger partial charge is 0.309 e. The highest BCUT2D eigenvalue weighted by atomic mass is 15.0. The molecule has 0 bridgehead atoms. The summed E-state index contributed by atoms with van der Waals surface area (Å²) in [6.07, 6.45) is 1.76. The fourth-order valence-corrected chi connectivity index (χ4v) is 7.56. The normalized spacial score (nSPS) is 14.4. The van der Waals surface area contributed by atoms with E-state index in [4.69, 9.17) is 15.0 Å². The van der Waals surface area contributed by atoms with Gasteiger partial charge >= 0.3 is 0 Å². The van der Waals surface area contributed by atoms with E-state index >= 15 is 0 Å². The lowest BCUT2D eigenvalue weighted by Crippen LogP contribution is -2.43. The molecule has 0 spiro atoms. The summed E-state index contributed by atoms with van der Waals surface area (Å²) in [7, 11) is 0. The minimum absolute atomic E-state index is 0.0416. The van der Waals surface area contributed by atoms with Crippen molar-refractivity contribution >= 4 is 21.8 Å². The van der Waals surface area contributed by atoms with Gasteiger partial charge in [0.05, 0.1) is 11.0 Å². The van der Waals surface area contributed by atoms with Gasteiger partial charge in [-0.1, -0.05) is 107 Å². The van der Waals surface area contributed by atoms with Crippen LogP contribution in [-0.4, -0.2) is 24.5 Å². The molecule has 1 aliphatic rings. The van der Waals surface area contributed by atoms with E-state index in [-0.39, 0.29) is 10.8 Å². The Kier molecular flexibility index (Phi) is 6.44. The van der Waals surface area contributed by atoms with Crippen molar-refractivity contribution in [2.24, 2.45) is 0 Å². The SMILES string of the molecule is CC1(C)c2ccccc2-c2cc3c4ccccc4n(-c4ccc(-c5nc(-c6ccccc6)nc(-c6ccccn6)n5)cc4)c3cc2C1(C)C. The van der Waals surface area contributed by atoms with Gasteiger partial charge in [0, 0.05) is 33.8 Å². The Morgan fingerprint density at radius 1 is 0.469 bits per heavy atom. The van der Waals surface area contributed by atoms with Crippen LogP contribution < -0.4 is 0 Å². The van der Waals surface area contributed by atoms with Crippen molar-refractivity contribution in [2.45, 2.75) is 38.5 Å². The van der Waals surface area contributed by atoms with E-state index < -0.39 is 0 Å². The molecule has 0 unspecified atom stereocenters. The Labute approximate surface area is 286 Å². The average molecular weight is 634 g/mol. The van der Waals surface area contributed by atoms with Gasteiger partial charge in [-0.25, -0.2) is 15.0 Å². The molecule has 49 heavy (non-hydrogen) atoms. The molecular formula is C44H35N5. The van der Waals surface area contributed by atoms with Crippen LogP contribution in [0.1, 0.15) is 38.8 Å². The van der Waals surface area contributed by atoms with Crippen LogP contribution in [-0.2, 0) is 10.8 Å². The quantitative estimate of drug-likeness (QED) is 0.193. The minimum Gasteiger partial charge on any atom is -0.309 e. The van der Waals surface area contributed by atoms with Gasteiger partial charge < -0.3 is 4.57 Å². The molecule has 0 atom stereocenters. The number of fused-ring (bicyclic) bond motifs is 6. The first-order valence-corrected chi connectivity index (χ1v) is 16.8. The lowest BCUT2D eigenvalue weighted by molar-refractivity contribution is 0.299. The molecule has 8 aromatic rings. The third kappa shape index (κ3) is 4.46. The lowest BCUT2D eigenvalue weighted by Gasteiger charge is -2.48. The van der Waals surface area contributed by atoms with Crippen molar-refractivity contribution in [3.63, 3.8) is 0 Å². The van der Waals surface area contributed by atoms with E-state index in [0.29, 0.717) is 23.2 Å². The molecule has 1 aliphatic carbocycles. The van der Waals surface area contributed by atoms with Crippen LogP contribution in [0.3, 0.4) is 0 Å². The maximum Gasteiger partial charge on any atom is 0.182 e. The molecule has 0 N–H and O–H groups in total. The minimum atomic E-state index is -0.0868. The second kappa shape index (κ2) is 10.8. The van der Waals surface area contributed by atoms with E-state index in [2.05, 4.69) is 122 Å². The van der Waals surface area contributed by atoms with Crippen LogP contribution in [0, 0.1) is 0 Å². The van der Waals surface area contributed by atoms with Crippen LogP contribution >= 0.6 is 0 Å². The van der Waals surface area contributed by atoms with Crippen LogP contribution in [0.2, 0.25) is 0 Å². The summed E-state index contributed by atoms with van der Waals surface area (Å²) in [5.41, 5.74) is 11.4. The predicted molar refractivity (Wildman–Crippen MR) is 200 cm³/mol. The molecule has 0 saturated carbocycles. The van der Waals surface area contributed by atoms with E-state index in [0.717, 1.165) is 16.8 Å². The average Bonchev–Trinajstić information content (AvgIpc) is 3.48. The summed E-state index contributed by atoms with van der Waals surface area (Å²) in [6.45, 7) is 9.56. The molecule has 236 valence electrons. The zero-order chi connectivity index (χ0) is 33.3. The van der Waals surface area contributed by atoms with Crippen LogP contribution in [0.15, 0.2) is 140 Å². The highest BCUT2D eigenvalue weighted by Gasteiger charge is 2.46. The van der Waals surface area contributed by atoms with Crippen molar-refractivity contribution in [1.29, 1.82) is 0 Å². The zero-order valence-corrected chi connectivity index (χ0v) is 28.0. The Balaban J connectivity index is 1.22. The van der Waals surface area contributed by atoms with Crippen molar-refractivity contribution in [2.75, 3.05) is 0 Å². The summed E-state index contributed by atoms with van der Waals surface area (Å²) in [5.74, 6) is 1.78. The molecule has 0 fully saturated rings. The standard InChI is InChI=1S/C44H35N5/c1-43(2)35-18-10-8-16-31(35)33-26-34-32-17-9-11-20-38(32)49(39(34)27-36(33)44(43,3)4)30-23-21-29(22-24-30)41-46-40(28-14-6-5-7-15-28)47-42(48-41)37-19-12-13-25-45-37/h5-27H,1-4H3. The first kappa shape index (κ1) is 29.2. The highest BCUT2D eigenvalue weighted by molar-refractivity contribution is 6.11. The number of hydrogen-bond donors (Lipinski definition) is 0. The van der Waals surface area contributed by atoms with Crippen LogP contribution in [0.25, 0.3) is 72.9 Å². The summed E-state index contributed by atoms with van der Waals surface area (Å²) < 4.78 is 2.40. The Morgan fingerprint density at radius 3 is 1.86 bits per heavy atom. The highest BCUT2D eigenvalue weighted by Crippen LogP contribution is 2.55. The number of para-hydroxylation sites is 1. The van der Waals surface area contributed by atoms with E-state index in [1.807, 2.05) is 48.5 Å². The van der Waals surface area contributed by atoms with Crippen molar-refractivity contribution in [3.05, 3.63) is 151 Å². The second-order valence-electron chi connectivity index (χ2n) is 14.0. The number of aromatic nitrogens is 5. The number of nitrogens with zero attached hydrogens (tertiary/aromatic N) is 5. The maximum absolute atomic E-state index is 4.93. The first-order chi connectivity index (χ1) is 23.8. The Morgan fingerprint density at radius 2 is 1.10 bits per heavy atom. The summed E-state index contributed by atoms with van der Waals surface area (Å²) >= 11 is 0. The van der Waals surface area contributed by atoms with Gasteiger partial charge in [-0.05, 0) is 87.7 Å². The van der Waals surface area contributed by atoms with Crippen molar-refractivity contribution in [3.8, 4) is 51.1 Å². The van der Waals surface area contributed by atoms with Gasteiger partial charge in [-0.3, -0.25) is 4.98 Å².